The molecule has 0 fully saturated rings. The van der Waals surface area contributed by atoms with Crippen LogP contribution in [0.1, 0.15) is 35.9 Å². The van der Waals surface area contributed by atoms with Gasteiger partial charge in [-0.1, -0.05) is 30.3 Å². The molecule has 0 saturated carbocycles. The van der Waals surface area contributed by atoms with Gasteiger partial charge in [0.05, 0.1) is 25.3 Å². The maximum atomic E-state index is 11.6. The Hall–Kier alpha value is -2.14. The number of benzene rings is 1. The van der Waals surface area contributed by atoms with Crippen LogP contribution in [0.15, 0.2) is 30.3 Å². The van der Waals surface area contributed by atoms with Gasteiger partial charge in [-0.3, -0.25) is 9.48 Å². The standard InChI is InChI=1S/C18H23N3O2/c1-2-23-18(22)9-11-21-17-8-10-19-13-15(17)16(20-21)12-14-6-4-3-5-7-14/h3-7,19H,2,8-13H2,1H3. The third-order valence-corrected chi connectivity index (χ3v) is 4.14. The van der Waals surface area contributed by atoms with E-state index in [2.05, 4.69) is 29.6 Å². The average molecular weight is 313 g/mol. The number of aryl methyl sites for hydroxylation is 1. The molecule has 0 saturated heterocycles. The molecule has 1 aromatic heterocycles. The van der Waals surface area contributed by atoms with E-state index in [9.17, 15) is 4.79 Å². The molecule has 0 radical (unpaired) electrons. The second-order valence-electron chi connectivity index (χ2n) is 5.74. The molecule has 23 heavy (non-hydrogen) atoms. The van der Waals surface area contributed by atoms with Gasteiger partial charge in [-0.25, -0.2) is 0 Å². The first-order valence-electron chi connectivity index (χ1n) is 8.25. The van der Waals surface area contributed by atoms with Gasteiger partial charge in [-0.15, -0.1) is 0 Å². The minimum atomic E-state index is -0.157. The zero-order valence-corrected chi connectivity index (χ0v) is 13.5. The summed E-state index contributed by atoms with van der Waals surface area (Å²) in [5.74, 6) is -0.157. The number of carbonyl (C=O) groups excluding carboxylic acids is 1. The van der Waals surface area contributed by atoms with Crippen molar-refractivity contribution in [3.63, 3.8) is 0 Å². The summed E-state index contributed by atoms with van der Waals surface area (Å²) < 4.78 is 7.02. The molecule has 0 amide bonds. The van der Waals surface area contributed by atoms with E-state index in [1.165, 1.54) is 16.8 Å². The number of hydrogen-bond acceptors (Lipinski definition) is 4. The summed E-state index contributed by atoms with van der Waals surface area (Å²) in [6.07, 6.45) is 2.16. The van der Waals surface area contributed by atoms with Crippen LogP contribution < -0.4 is 5.32 Å². The van der Waals surface area contributed by atoms with Crippen LogP contribution in [0.2, 0.25) is 0 Å². The molecule has 3 rings (SSSR count). The smallest absolute Gasteiger partial charge is 0.307 e. The number of ether oxygens (including phenoxy) is 1. The molecule has 1 aliphatic heterocycles. The van der Waals surface area contributed by atoms with Crippen molar-refractivity contribution in [3.8, 4) is 0 Å². The third-order valence-electron chi connectivity index (χ3n) is 4.14. The summed E-state index contributed by atoms with van der Waals surface area (Å²) in [5.41, 5.74) is 4.93. The summed E-state index contributed by atoms with van der Waals surface area (Å²) >= 11 is 0. The topological polar surface area (TPSA) is 56.2 Å². The molecule has 0 bridgehead atoms. The number of rotatable bonds is 6. The highest BCUT2D eigenvalue weighted by Crippen LogP contribution is 2.21. The van der Waals surface area contributed by atoms with Crippen LogP contribution in [0.5, 0.6) is 0 Å². The highest BCUT2D eigenvalue weighted by molar-refractivity contribution is 5.69. The molecule has 0 spiro atoms. The van der Waals surface area contributed by atoms with Gasteiger partial charge in [0.25, 0.3) is 0 Å². The first kappa shape index (κ1) is 15.7. The van der Waals surface area contributed by atoms with Crippen molar-refractivity contribution in [3.05, 3.63) is 52.8 Å². The van der Waals surface area contributed by atoms with Gasteiger partial charge >= 0.3 is 5.97 Å². The van der Waals surface area contributed by atoms with Gasteiger partial charge in [0.15, 0.2) is 0 Å². The van der Waals surface area contributed by atoms with Crippen LogP contribution in [-0.2, 0) is 35.5 Å². The Morgan fingerprint density at radius 3 is 2.96 bits per heavy atom. The first-order valence-corrected chi connectivity index (χ1v) is 8.25. The Morgan fingerprint density at radius 1 is 1.35 bits per heavy atom. The predicted octanol–water partition coefficient (Wildman–Crippen LogP) is 2.07. The molecule has 1 aromatic carbocycles. The minimum absolute atomic E-state index is 0.157. The van der Waals surface area contributed by atoms with Gasteiger partial charge in [-0.05, 0) is 12.5 Å². The monoisotopic (exact) mass is 313 g/mol. The molecule has 2 aromatic rings. The van der Waals surface area contributed by atoms with Crippen molar-refractivity contribution in [1.29, 1.82) is 0 Å². The average Bonchev–Trinajstić information content (AvgIpc) is 2.92. The number of nitrogens with one attached hydrogen (secondary N) is 1. The van der Waals surface area contributed by atoms with Crippen LogP contribution in [0.3, 0.4) is 0 Å². The fourth-order valence-corrected chi connectivity index (χ4v) is 3.04. The van der Waals surface area contributed by atoms with Gasteiger partial charge in [0.2, 0.25) is 0 Å². The molecule has 1 N–H and O–H groups in total. The quantitative estimate of drug-likeness (QED) is 0.830. The van der Waals surface area contributed by atoms with E-state index in [1.807, 2.05) is 17.7 Å². The number of esters is 1. The molecule has 5 nitrogen and oxygen atoms in total. The molecule has 0 aliphatic carbocycles. The summed E-state index contributed by atoms with van der Waals surface area (Å²) in [4.78, 5) is 11.6. The third kappa shape index (κ3) is 3.79. The highest BCUT2D eigenvalue weighted by atomic mass is 16.5. The Labute approximate surface area is 136 Å². The summed E-state index contributed by atoms with van der Waals surface area (Å²) in [5, 5.41) is 8.21. The maximum absolute atomic E-state index is 11.6. The van der Waals surface area contributed by atoms with Gasteiger partial charge in [0.1, 0.15) is 0 Å². The van der Waals surface area contributed by atoms with E-state index in [0.29, 0.717) is 19.6 Å². The lowest BCUT2D eigenvalue weighted by Gasteiger charge is -2.15. The van der Waals surface area contributed by atoms with Crippen LogP contribution in [0.25, 0.3) is 0 Å². The highest BCUT2D eigenvalue weighted by Gasteiger charge is 2.21. The van der Waals surface area contributed by atoms with E-state index in [4.69, 9.17) is 9.84 Å². The molecule has 2 heterocycles. The van der Waals surface area contributed by atoms with Crippen molar-refractivity contribution in [2.45, 2.75) is 39.3 Å². The fraction of sp³-hybridized carbons (Fsp3) is 0.444. The van der Waals surface area contributed by atoms with E-state index in [0.717, 1.165) is 31.6 Å². The van der Waals surface area contributed by atoms with Crippen LogP contribution >= 0.6 is 0 Å². The Bertz CT molecular complexity index is 664. The Kier molecular flexibility index (Phi) is 5.08. The fourth-order valence-electron chi connectivity index (χ4n) is 3.04. The number of nitrogens with zero attached hydrogens (tertiary/aromatic N) is 2. The van der Waals surface area contributed by atoms with Crippen LogP contribution in [-0.4, -0.2) is 28.9 Å². The maximum Gasteiger partial charge on any atom is 0.307 e. The molecule has 122 valence electrons. The molecule has 1 aliphatic rings. The van der Waals surface area contributed by atoms with Crippen LogP contribution in [0.4, 0.5) is 0 Å². The minimum Gasteiger partial charge on any atom is -0.466 e. The normalized spacial score (nSPS) is 13.6. The summed E-state index contributed by atoms with van der Waals surface area (Å²) in [6, 6.07) is 10.4. The molecule has 5 heteroatoms. The van der Waals surface area contributed by atoms with Crippen molar-refractivity contribution in [2.24, 2.45) is 0 Å². The lowest BCUT2D eigenvalue weighted by molar-refractivity contribution is -0.143. The molecule has 0 atom stereocenters. The lowest BCUT2D eigenvalue weighted by atomic mass is 10.0. The Morgan fingerprint density at radius 2 is 2.17 bits per heavy atom. The SMILES string of the molecule is CCOC(=O)CCn1nc(Cc2ccccc2)c2c1CCNC2. The molecule has 0 unspecified atom stereocenters. The number of hydrogen-bond donors (Lipinski definition) is 1. The van der Waals surface area contributed by atoms with Crippen molar-refractivity contribution >= 4 is 5.97 Å². The number of aromatic nitrogens is 2. The lowest BCUT2D eigenvalue weighted by Crippen LogP contribution is -2.25. The Balaban J connectivity index is 1.79. The van der Waals surface area contributed by atoms with E-state index >= 15 is 0 Å². The summed E-state index contributed by atoms with van der Waals surface area (Å²) in [7, 11) is 0. The zero-order valence-electron chi connectivity index (χ0n) is 13.5. The van der Waals surface area contributed by atoms with Gasteiger partial charge in [0, 0.05) is 37.2 Å². The van der Waals surface area contributed by atoms with E-state index < -0.39 is 0 Å². The number of carbonyl (C=O) groups is 1. The second kappa shape index (κ2) is 7.42. The largest absolute Gasteiger partial charge is 0.466 e. The van der Waals surface area contributed by atoms with Crippen molar-refractivity contribution in [2.75, 3.05) is 13.2 Å². The van der Waals surface area contributed by atoms with Crippen LogP contribution in [0, 0.1) is 0 Å². The second-order valence-corrected chi connectivity index (χ2v) is 5.74. The number of fused-ring (bicyclic) bond motifs is 1. The van der Waals surface area contributed by atoms with Gasteiger partial charge in [-0.2, -0.15) is 5.10 Å². The van der Waals surface area contributed by atoms with E-state index in [-0.39, 0.29) is 5.97 Å². The van der Waals surface area contributed by atoms with Crippen molar-refractivity contribution in [1.82, 2.24) is 15.1 Å². The summed E-state index contributed by atoms with van der Waals surface area (Å²) in [6.45, 7) is 4.67. The zero-order chi connectivity index (χ0) is 16.1. The van der Waals surface area contributed by atoms with E-state index in [1.54, 1.807) is 0 Å². The first-order chi connectivity index (χ1) is 11.3. The predicted molar refractivity (Wildman–Crippen MR) is 88.1 cm³/mol. The van der Waals surface area contributed by atoms with Crippen molar-refractivity contribution < 1.29 is 9.53 Å². The van der Waals surface area contributed by atoms with Gasteiger partial charge < -0.3 is 10.1 Å². The molecular weight excluding hydrogens is 290 g/mol. The molecular formula is C18H23N3O2.